The first kappa shape index (κ1) is 20.2. The quantitative estimate of drug-likeness (QED) is 0.353. The van der Waals surface area contributed by atoms with Gasteiger partial charge in [0.15, 0.2) is 5.17 Å². The smallest absolute Gasteiger partial charge is 0.180 e. The molecule has 0 aliphatic heterocycles. The minimum atomic E-state index is 0.386. The number of thioether (sulfide) groups is 1. The van der Waals surface area contributed by atoms with Crippen molar-refractivity contribution in [2.75, 3.05) is 0 Å². The van der Waals surface area contributed by atoms with Gasteiger partial charge in [0.05, 0.1) is 17.8 Å². The summed E-state index contributed by atoms with van der Waals surface area (Å²) in [6, 6.07) is 27.1. The summed E-state index contributed by atoms with van der Waals surface area (Å²) in [5.41, 5.74) is 9.51. The van der Waals surface area contributed by atoms with Gasteiger partial charge in [-0.25, -0.2) is 0 Å². The second-order valence-electron chi connectivity index (χ2n) is 6.13. The maximum absolute atomic E-state index is 8.97. The van der Waals surface area contributed by atoms with Crippen LogP contribution in [0.15, 0.2) is 89.1 Å². The number of rotatable bonds is 7. The number of amidine groups is 1. The van der Waals surface area contributed by atoms with E-state index in [9.17, 15) is 0 Å². The maximum atomic E-state index is 8.97. The highest BCUT2D eigenvalue weighted by molar-refractivity contribution is 8.13. The lowest BCUT2D eigenvalue weighted by molar-refractivity contribution is 0.306. The van der Waals surface area contributed by atoms with E-state index in [-0.39, 0.29) is 0 Å². The molecule has 2 N–H and O–H groups in total. The number of hydrogen-bond acceptors (Lipinski definition) is 5. The predicted molar refractivity (Wildman–Crippen MR) is 119 cm³/mol. The number of benzene rings is 3. The summed E-state index contributed by atoms with van der Waals surface area (Å²) >= 11 is 1.44. The van der Waals surface area contributed by atoms with Gasteiger partial charge in [0, 0.05) is 5.75 Å². The molecule has 3 rings (SSSR count). The Morgan fingerprint density at radius 1 is 1.00 bits per heavy atom. The van der Waals surface area contributed by atoms with Gasteiger partial charge in [-0.15, -0.1) is 5.10 Å². The Labute approximate surface area is 174 Å². The van der Waals surface area contributed by atoms with Gasteiger partial charge in [0.25, 0.3) is 0 Å². The minimum absolute atomic E-state index is 0.386. The number of ether oxygens (including phenoxy) is 1. The molecule has 0 bridgehead atoms. The van der Waals surface area contributed by atoms with Crippen LogP contribution in [0.5, 0.6) is 5.75 Å². The van der Waals surface area contributed by atoms with Gasteiger partial charge in [-0.05, 0) is 41.0 Å². The molecule has 5 nitrogen and oxygen atoms in total. The molecule has 0 aromatic heterocycles. The van der Waals surface area contributed by atoms with Crippen LogP contribution in [0.4, 0.5) is 0 Å². The summed E-state index contributed by atoms with van der Waals surface area (Å²) in [5.74, 6) is 1.47. The molecule has 0 radical (unpaired) electrons. The molecule has 0 saturated heterocycles. The predicted octanol–water partition coefficient (Wildman–Crippen LogP) is 4.72. The number of nitrogens with zero attached hydrogens (tertiary/aromatic N) is 3. The standard InChI is InChI=1S/C23H20N4OS/c24-14-19-8-4-10-21(12-19)16-28-22-11-5-9-20(13-22)15-26-27-23(25)29-17-18-6-2-1-3-7-18/h1-13,15H,16-17H2,(H2,25,27). The van der Waals surface area contributed by atoms with Crippen LogP contribution >= 0.6 is 11.8 Å². The highest BCUT2D eigenvalue weighted by Crippen LogP contribution is 2.15. The molecule has 3 aromatic rings. The van der Waals surface area contributed by atoms with Crippen LogP contribution < -0.4 is 10.5 Å². The van der Waals surface area contributed by atoms with E-state index in [1.165, 1.54) is 17.3 Å². The van der Waals surface area contributed by atoms with Crippen molar-refractivity contribution in [1.29, 1.82) is 5.26 Å². The highest BCUT2D eigenvalue weighted by atomic mass is 32.2. The first-order chi connectivity index (χ1) is 14.2. The molecule has 0 aliphatic carbocycles. The molecule has 0 fully saturated rings. The van der Waals surface area contributed by atoms with Crippen molar-refractivity contribution in [1.82, 2.24) is 0 Å². The zero-order valence-electron chi connectivity index (χ0n) is 15.7. The number of hydrogen-bond donors (Lipinski definition) is 1. The van der Waals surface area contributed by atoms with Gasteiger partial charge in [0.2, 0.25) is 0 Å². The summed E-state index contributed by atoms with van der Waals surface area (Å²) < 4.78 is 5.81. The van der Waals surface area contributed by atoms with E-state index in [2.05, 4.69) is 16.3 Å². The number of nitrogens with two attached hydrogens (primary N) is 1. The monoisotopic (exact) mass is 400 g/mol. The average molecular weight is 401 g/mol. The fourth-order valence-electron chi connectivity index (χ4n) is 2.49. The topological polar surface area (TPSA) is 83.8 Å². The molecular weight excluding hydrogens is 380 g/mol. The second kappa shape index (κ2) is 10.7. The Kier molecular flexibility index (Phi) is 7.44. The molecule has 0 unspecified atom stereocenters. The molecule has 6 heteroatoms. The van der Waals surface area contributed by atoms with E-state index in [0.717, 1.165) is 16.9 Å². The van der Waals surface area contributed by atoms with Crippen LogP contribution in [-0.2, 0) is 12.4 Å². The molecule has 0 atom stereocenters. The van der Waals surface area contributed by atoms with Gasteiger partial charge in [-0.2, -0.15) is 10.4 Å². The van der Waals surface area contributed by atoms with E-state index in [1.54, 1.807) is 12.3 Å². The lowest BCUT2D eigenvalue weighted by atomic mass is 10.1. The largest absolute Gasteiger partial charge is 0.489 e. The molecule has 0 aliphatic rings. The Morgan fingerprint density at radius 3 is 2.62 bits per heavy atom. The van der Waals surface area contributed by atoms with E-state index in [4.69, 9.17) is 15.7 Å². The maximum Gasteiger partial charge on any atom is 0.180 e. The van der Waals surface area contributed by atoms with Crippen LogP contribution in [0.1, 0.15) is 22.3 Å². The zero-order valence-corrected chi connectivity index (χ0v) is 16.5. The molecule has 0 spiro atoms. The van der Waals surface area contributed by atoms with E-state index in [1.807, 2.05) is 72.8 Å². The Bertz CT molecular complexity index is 1040. The van der Waals surface area contributed by atoms with E-state index >= 15 is 0 Å². The lowest BCUT2D eigenvalue weighted by Gasteiger charge is -2.07. The average Bonchev–Trinajstić information content (AvgIpc) is 2.77. The molecule has 0 saturated carbocycles. The fourth-order valence-corrected chi connectivity index (χ4v) is 3.11. The first-order valence-corrected chi connectivity index (χ1v) is 9.96. The third kappa shape index (κ3) is 6.83. The minimum Gasteiger partial charge on any atom is -0.489 e. The third-order valence-corrected chi connectivity index (χ3v) is 4.77. The van der Waals surface area contributed by atoms with Crippen molar-refractivity contribution in [3.63, 3.8) is 0 Å². The van der Waals surface area contributed by atoms with Gasteiger partial charge in [0.1, 0.15) is 12.4 Å². The Morgan fingerprint density at radius 2 is 1.79 bits per heavy atom. The molecule has 0 heterocycles. The Balaban J connectivity index is 1.54. The zero-order chi connectivity index (χ0) is 20.3. The van der Waals surface area contributed by atoms with Crippen molar-refractivity contribution in [2.45, 2.75) is 12.4 Å². The van der Waals surface area contributed by atoms with Gasteiger partial charge < -0.3 is 10.5 Å². The Hall–Kier alpha value is -3.56. The highest BCUT2D eigenvalue weighted by Gasteiger charge is 1.99. The van der Waals surface area contributed by atoms with Gasteiger partial charge in [-0.1, -0.05) is 66.4 Å². The summed E-state index contributed by atoms with van der Waals surface area (Å²) in [6.07, 6.45) is 1.64. The third-order valence-electron chi connectivity index (χ3n) is 3.91. The summed E-state index contributed by atoms with van der Waals surface area (Å²) in [5, 5.41) is 17.5. The van der Waals surface area contributed by atoms with Gasteiger partial charge >= 0.3 is 0 Å². The van der Waals surface area contributed by atoms with Crippen LogP contribution in [0.25, 0.3) is 0 Å². The first-order valence-electron chi connectivity index (χ1n) is 8.98. The summed E-state index contributed by atoms with van der Waals surface area (Å²) in [6.45, 7) is 0.386. The summed E-state index contributed by atoms with van der Waals surface area (Å²) in [4.78, 5) is 0. The van der Waals surface area contributed by atoms with Crippen molar-refractivity contribution in [3.8, 4) is 11.8 Å². The molecule has 144 valence electrons. The van der Waals surface area contributed by atoms with Crippen molar-refractivity contribution in [2.24, 2.45) is 15.9 Å². The van der Waals surface area contributed by atoms with E-state index in [0.29, 0.717) is 23.1 Å². The molecular formula is C23H20N4OS. The fraction of sp³-hybridized carbons (Fsp3) is 0.0870. The lowest BCUT2D eigenvalue weighted by Crippen LogP contribution is -2.06. The molecule has 3 aromatic carbocycles. The van der Waals surface area contributed by atoms with Crippen molar-refractivity contribution >= 4 is 23.1 Å². The normalized spacial score (nSPS) is 11.3. The van der Waals surface area contributed by atoms with E-state index < -0.39 is 0 Å². The van der Waals surface area contributed by atoms with Gasteiger partial charge in [-0.3, -0.25) is 0 Å². The van der Waals surface area contributed by atoms with Crippen LogP contribution in [0.2, 0.25) is 0 Å². The molecule has 29 heavy (non-hydrogen) atoms. The van der Waals surface area contributed by atoms with Crippen LogP contribution in [-0.4, -0.2) is 11.4 Å². The second-order valence-corrected chi connectivity index (χ2v) is 7.13. The number of nitriles is 1. The van der Waals surface area contributed by atoms with Crippen LogP contribution in [0.3, 0.4) is 0 Å². The van der Waals surface area contributed by atoms with Crippen molar-refractivity contribution in [3.05, 3.63) is 101 Å². The van der Waals surface area contributed by atoms with Crippen LogP contribution in [0, 0.1) is 11.3 Å². The summed E-state index contributed by atoms with van der Waals surface area (Å²) in [7, 11) is 0. The SMILES string of the molecule is N#Cc1cccc(COc2cccc(C=NN=C(N)SCc3ccccc3)c2)c1. The van der Waals surface area contributed by atoms with Crippen molar-refractivity contribution < 1.29 is 4.74 Å². The molecule has 0 amide bonds.